The second-order valence-electron chi connectivity index (χ2n) is 7.27. The lowest BCUT2D eigenvalue weighted by Crippen LogP contribution is -2.53. The molecule has 1 aromatic rings. The number of alkyl halides is 3. The molecule has 0 saturated carbocycles. The molecule has 29 heavy (non-hydrogen) atoms. The predicted molar refractivity (Wildman–Crippen MR) is 95.0 cm³/mol. The van der Waals surface area contributed by atoms with Crippen LogP contribution in [0.4, 0.5) is 26.3 Å². The molecule has 2 rings (SSSR count). The quantitative estimate of drug-likeness (QED) is 0.474. The Morgan fingerprint density at radius 3 is 2.41 bits per heavy atom. The largest absolute Gasteiger partial charge is 0.404 e. The minimum atomic E-state index is -4.65. The molecule has 0 spiro atoms. The summed E-state index contributed by atoms with van der Waals surface area (Å²) in [6.07, 6.45) is -3.91. The second-order valence-corrected chi connectivity index (χ2v) is 9.10. The summed E-state index contributed by atoms with van der Waals surface area (Å²) in [5.41, 5.74) is 5.48. The van der Waals surface area contributed by atoms with Gasteiger partial charge in [0.1, 0.15) is 11.9 Å². The number of nitrogens with one attached hydrogen (secondary N) is 1. The predicted octanol–water partition coefficient (Wildman–Crippen LogP) is 2.31. The van der Waals surface area contributed by atoms with Crippen LogP contribution in [0.1, 0.15) is 24.8 Å². The molecule has 1 saturated heterocycles. The maximum absolute atomic E-state index is 13.8. The number of rotatable bonds is 8. The van der Waals surface area contributed by atoms with Crippen LogP contribution in [0.5, 0.6) is 0 Å². The van der Waals surface area contributed by atoms with Crippen molar-refractivity contribution in [1.29, 1.82) is 0 Å². The van der Waals surface area contributed by atoms with E-state index >= 15 is 0 Å². The number of hydrogen-bond donors (Lipinski definition) is 2. The van der Waals surface area contributed by atoms with Crippen LogP contribution in [-0.2, 0) is 16.4 Å². The lowest BCUT2D eigenvalue weighted by atomic mass is 9.98. The molecule has 2 unspecified atom stereocenters. The molecular formula is C17H23F6N3O2S. The molecule has 0 aromatic heterocycles. The van der Waals surface area contributed by atoms with Crippen LogP contribution in [0.2, 0.25) is 0 Å². The third-order valence-electron chi connectivity index (χ3n) is 4.88. The van der Waals surface area contributed by atoms with Gasteiger partial charge in [-0.1, -0.05) is 0 Å². The highest BCUT2D eigenvalue weighted by Crippen LogP contribution is 2.33. The first kappa shape index (κ1) is 23.9. The molecule has 0 amide bonds. The van der Waals surface area contributed by atoms with Gasteiger partial charge in [0.2, 0.25) is 10.0 Å². The van der Waals surface area contributed by atoms with Gasteiger partial charge in [-0.15, -0.1) is 0 Å². The highest BCUT2D eigenvalue weighted by molar-refractivity contribution is 7.88. The van der Waals surface area contributed by atoms with Gasteiger partial charge in [-0.3, -0.25) is 4.90 Å². The van der Waals surface area contributed by atoms with E-state index in [-0.39, 0.29) is 18.7 Å². The van der Waals surface area contributed by atoms with Gasteiger partial charge in [-0.25, -0.2) is 26.3 Å². The van der Waals surface area contributed by atoms with Crippen LogP contribution >= 0.6 is 0 Å². The summed E-state index contributed by atoms with van der Waals surface area (Å²) in [5, 5.41) is 0. The second kappa shape index (κ2) is 9.19. The van der Waals surface area contributed by atoms with Gasteiger partial charge < -0.3 is 5.73 Å². The van der Waals surface area contributed by atoms with E-state index in [0.717, 1.165) is 11.2 Å². The Labute approximate surface area is 165 Å². The number of nitrogens with zero attached hydrogens (tertiary/aromatic N) is 1. The van der Waals surface area contributed by atoms with Gasteiger partial charge in [0.15, 0.2) is 11.6 Å². The number of likely N-dealkylation sites (tertiary alicyclic amines) is 1. The average molecular weight is 447 g/mol. The normalized spacial score (nSPS) is 20.8. The summed E-state index contributed by atoms with van der Waals surface area (Å²) >= 11 is 0. The van der Waals surface area contributed by atoms with Crippen molar-refractivity contribution in [3.05, 3.63) is 35.1 Å². The van der Waals surface area contributed by atoms with Crippen molar-refractivity contribution in [3.63, 3.8) is 0 Å². The molecule has 1 aliphatic rings. The number of halogens is 6. The van der Waals surface area contributed by atoms with Crippen LogP contribution < -0.4 is 10.5 Å². The SMILES string of the molecule is CS(=O)(=O)NCC1CCCN1C(C[C@H](N)Cc1cc(F)c(F)cc1F)C(F)(F)F. The number of nitrogens with two attached hydrogens (primary N) is 1. The van der Waals surface area contributed by atoms with Crippen molar-refractivity contribution < 1.29 is 34.8 Å². The minimum absolute atomic E-state index is 0.104. The molecule has 12 heteroatoms. The van der Waals surface area contributed by atoms with E-state index in [1.807, 2.05) is 0 Å². The van der Waals surface area contributed by atoms with Gasteiger partial charge in [-0.05, 0) is 43.9 Å². The highest BCUT2D eigenvalue weighted by atomic mass is 32.2. The zero-order valence-corrected chi connectivity index (χ0v) is 16.5. The van der Waals surface area contributed by atoms with Crippen molar-refractivity contribution in [2.75, 3.05) is 19.3 Å². The van der Waals surface area contributed by atoms with E-state index in [1.165, 1.54) is 0 Å². The smallest absolute Gasteiger partial charge is 0.327 e. The Hall–Kier alpha value is -1.37. The number of benzene rings is 1. The molecule has 1 aliphatic heterocycles. The van der Waals surface area contributed by atoms with Crippen molar-refractivity contribution in [2.45, 2.75) is 50.0 Å². The first-order chi connectivity index (χ1) is 13.3. The maximum atomic E-state index is 13.8. The molecular weight excluding hydrogens is 424 g/mol. The van der Waals surface area contributed by atoms with Gasteiger partial charge in [0, 0.05) is 24.7 Å². The Balaban J connectivity index is 2.13. The third kappa shape index (κ3) is 6.83. The van der Waals surface area contributed by atoms with E-state index in [4.69, 9.17) is 5.73 Å². The van der Waals surface area contributed by atoms with Crippen LogP contribution in [0.25, 0.3) is 0 Å². The van der Waals surface area contributed by atoms with E-state index in [1.54, 1.807) is 0 Å². The van der Waals surface area contributed by atoms with Gasteiger partial charge in [0.05, 0.1) is 6.26 Å². The Morgan fingerprint density at radius 2 is 1.83 bits per heavy atom. The molecule has 1 aromatic carbocycles. The highest BCUT2D eigenvalue weighted by Gasteiger charge is 2.47. The summed E-state index contributed by atoms with van der Waals surface area (Å²) in [7, 11) is -3.56. The molecule has 3 N–H and O–H groups in total. The topological polar surface area (TPSA) is 75.4 Å². The maximum Gasteiger partial charge on any atom is 0.404 e. The lowest BCUT2D eigenvalue weighted by molar-refractivity contribution is -0.188. The third-order valence-corrected chi connectivity index (χ3v) is 5.57. The molecule has 0 bridgehead atoms. The monoisotopic (exact) mass is 447 g/mol. The zero-order valence-electron chi connectivity index (χ0n) is 15.6. The van der Waals surface area contributed by atoms with Crippen LogP contribution in [0.3, 0.4) is 0 Å². The average Bonchev–Trinajstić information content (AvgIpc) is 3.02. The molecule has 1 heterocycles. The van der Waals surface area contributed by atoms with E-state index < -0.39 is 64.6 Å². The Kier molecular flexibility index (Phi) is 7.57. The molecule has 5 nitrogen and oxygen atoms in total. The van der Waals surface area contributed by atoms with Crippen molar-refractivity contribution >= 4 is 10.0 Å². The standard InChI is InChI=1S/C17H23F6N3O2S/c1-29(27,28)25-9-12-3-2-4-26(12)16(17(21,22)23)7-11(24)5-10-6-14(19)15(20)8-13(10)18/h6,8,11-12,16,25H,2-5,7,9,24H2,1H3/t11-,12?,16?/m1/s1. The minimum Gasteiger partial charge on any atom is -0.327 e. The first-order valence-electron chi connectivity index (χ1n) is 8.94. The summed E-state index contributed by atoms with van der Waals surface area (Å²) in [6.45, 7) is -0.0645. The van der Waals surface area contributed by atoms with Gasteiger partial charge >= 0.3 is 6.18 Å². The summed E-state index contributed by atoms with van der Waals surface area (Å²) in [5.74, 6) is -3.79. The van der Waals surface area contributed by atoms with Crippen molar-refractivity contribution in [3.8, 4) is 0 Å². The molecule has 1 fully saturated rings. The van der Waals surface area contributed by atoms with Crippen LogP contribution in [0, 0.1) is 17.5 Å². The first-order valence-corrected chi connectivity index (χ1v) is 10.8. The van der Waals surface area contributed by atoms with E-state index in [9.17, 15) is 34.8 Å². The van der Waals surface area contributed by atoms with Gasteiger partial charge in [-0.2, -0.15) is 13.2 Å². The van der Waals surface area contributed by atoms with Crippen LogP contribution in [0.15, 0.2) is 12.1 Å². The molecule has 3 atom stereocenters. The molecule has 0 radical (unpaired) electrons. The summed E-state index contributed by atoms with van der Waals surface area (Å²) in [6, 6.07) is -2.90. The molecule has 0 aliphatic carbocycles. The number of hydrogen-bond acceptors (Lipinski definition) is 4. The van der Waals surface area contributed by atoms with E-state index in [0.29, 0.717) is 25.0 Å². The zero-order chi connectivity index (χ0) is 22.0. The Morgan fingerprint density at radius 1 is 1.21 bits per heavy atom. The number of sulfonamides is 1. The van der Waals surface area contributed by atoms with Crippen molar-refractivity contribution in [2.24, 2.45) is 5.73 Å². The Bertz CT molecular complexity index is 818. The summed E-state index contributed by atoms with van der Waals surface area (Å²) in [4.78, 5) is 1.15. The fourth-order valence-corrected chi connectivity index (χ4v) is 4.06. The van der Waals surface area contributed by atoms with Crippen molar-refractivity contribution in [1.82, 2.24) is 9.62 Å². The fourth-order valence-electron chi connectivity index (χ4n) is 3.56. The van der Waals surface area contributed by atoms with Crippen LogP contribution in [-0.4, -0.2) is 57.0 Å². The fraction of sp³-hybridized carbons (Fsp3) is 0.647. The lowest BCUT2D eigenvalue weighted by Gasteiger charge is -2.35. The summed E-state index contributed by atoms with van der Waals surface area (Å²) < 4.78 is 106. The van der Waals surface area contributed by atoms with E-state index in [2.05, 4.69) is 4.72 Å². The van der Waals surface area contributed by atoms with Gasteiger partial charge in [0.25, 0.3) is 0 Å². The molecule has 166 valence electrons.